The first-order chi connectivity index (χ1) is 10.5. The minimum absolute atomic E-state index is 0.118. The standard InChI is InChI=1S/C14H13N5O3/c15-12-5-16-4-11(18-12)13(20)17-10-2-1-8-6-19(14(21)22)7-9(8)3-10/h1-5H,6-7H2,(H2,15,18)(H,17,20)(H,21,22). The smallest absolute Gasteiger partial charge is 0.407 e. The van der Waals surface area contributed by atoms with E-state index in [0.717, 1.165) is 11.1 Å². The number of fused-ring (bicyclic) bond motifs is 1. The molecule has 2 heterocycles. The molecule has 0 fully saturated rings. The highest BCUT2D eigenvalue weighted by Crippen LogP contribution is 2.25. The molecular weight excluding hydrogens is 286 g/mol. The summed E-state index contributed by atoms with van der Waals surface area (Å²) in [5, 5.41) is 11.7. The Morgan fingerprint density at radius 3 is 2.73 bits per heavy atom. The van der Waals surface area contributed by atoms with Gasteiger partial charge in [0.15, 0.2) is 0 Å². The van der Waals surface area contributed by atoms with Crippen LogP contribution in [-0.4, -0.2) is 32.0 Å². The second kappa shape index (κ2) is 5.32. The van der Waals surface area contributed by atoms with Crippen molar-refractivity contribution in [2.75, 3.05) is 11.1 Å². The summed E-state index contributed by atoms with van der Waals surface area (Å²) in [6.45, 7) is 0.673. The van der Waals surface area contributed by atoms with E-state index in [1.54, 1.807) is 18.2 Å². The number of hydrogen-bond acceptors (Lipinski definition) is 5. The van der Waals surface area contributed by atoms with Gasteiger partial charge >= 0.3 is 6.09 Å². The third kappa shape index (κ3) is 2.66. The lowest BCUT2D eigenvalue weighted by atomic mass is 10.1. The molecule has 2 amide bonds. The molecule has 0 saturated heterocycles. The summed E-state index contributed by atoms with van der Waals surface area (Å²) in [7, 11) is 0. The van der Waals surface area contributed by atoms with Crippen LogP contribution < -0.4 is 11.1 Å². The maximum Gasteiger partial charge on any atom is 0.407 e. The number of benzene rings is 1. The van der Waals surface area contributed by atoms with E-state index >= 15 is 0 Å². The molecule has 2 aromatic rings. The van der Waals surface area contributed by atoms with Gasteiger partial charge in [-0.1, -0.05) is 6.07 Å². The summed E-state index contributed by atoms with van der Waals surface area (Å²) in [6, 6.07) is 5.29. The van der Waals surface area contributed by atoms with Crippen LogP contribution >= 0.6 is 0 Å². The number of rotatable bonds is 2. The van der Waals surface area contributed by atoms with Crippen molar-refractivity contribution in [3.05, 3.63) is 47.4 Å². The van der Waals surface area contributed by atoms with Crippen LogP contribution in [0.3, 0.4) is 0 Å². The van der Waals surface area contributed by atoms with E-state index in [-0.39, 0.29) is 11.5 Å². The average Bonchev–Trinajstić information content (AvgIpc) is 2.90. The topological polar surface area (TPSA) is 121 Å². The zero-order chi connectivity index (χ0) is 15.7. The molecule has 8 nitrogen and oxygen atoms in total. The summed E-state index contributed by atoms with van der Waals surface area (Å²) in [5.41, 5.74) is 7.99. The number of anilines is 2. The molecule has 1 aromatic heterocycles. The van der Waals surface area contributed by atoms with E-state index < -0.39 is 12.0 Å². The first-order valence-corrected chi connectivity index (χ1v) is 6.51. The zero-order valence-corrected chi connectivity index (χ0v) is 11.5. The van der Waals surface area contributed by atoms with Gasteiger partial charge in [0.1, 0.15) is 11.5 Å². The fourth-order valence-corrected chi connectivity index (χ4v) is 2.29. The Morgan fingerprint density at radius 1 is 1.23 bits per heavy atom. The summed E-state index contributed by atoms with van der Waals surface area (Å²) in [4.78, 5) is 32.1. The number of carbonyl (C=O) groups excluding carboxylic acids is 1. The van der Waals surface area contributed by atoms with Gasteiger partial charge in [-0.25, -0.2) is 9.78 Å². The van der Waals surface area contributed by atoms with Crippen molar-refractivity contribution in [2.24, 2.45) is 0 Å². The highest BCUT2D eigenvalue weighted by atomic mass is 16.4. The van der Waals surface area contributed by atoms with Crippen molar-refractivity contribution in [3.8, 4) is 0 Å². The minimum Gasteiger partial charge on any atom is -0.465 e. The number of nitrogens with zero attached hydrogens (tertiary/aromatic N) is 3. The number of carboxylic acid groups (broad SMARTS) is 1. The lowest BCUT2D eigenvalue weighted by molar-refractivity contribution is 0.102. The van der Waals surface area contributed by atoms with Gasteiger partial charge < -0.3 is 16.2 Å². The Balaban J connectivity index is 1.76. The van der Waals surface area contributed by atoms with E-state index in [0.29, 0.717) is 18.8 Å². The van der Waals surface area contributed by atoms with Crippen molar-refractivity contribution in [1.82, 2.24) is 14.9 Å². The molecule has 0 unspecified atom stereocenters. The molecule has 0 spiro atoms. The van der Waals surface area contributed by atoms with Crippen LogP contribution in [0, 0.1) is 0 Å². The quantitative estimate of drug-likeness (QED) is 0.768. The van der Waals surface area contributed by atoms with Crippen LogP contribution in [0.5, 0.6) is 0 Å². The minimum atomic E-state index is -0.961. The fraction of sp³-hybridized carbons (Fsp3) is 0.143. The van der Waals surface area contributed by atoms with Crippen LogP contribution in [0.15, 0.2) is 30.6 Å². The molecule has 1 aromatic carbocycles. The maximum atomic E-state index is 12.1. The van der Waals surface area contributed by atoms with E-state index in [4.69, 9.17) is 10.8 Å². The Labute approximate surface area is 125 Å². The van der Waals surface area contributed by atoms with Crippen molar-refractivity contribution >= 4 is 23.5 Å². The molecule has 1 aliphatic heterocycles. The number of hydrogen-bond donors (Lipinski definition) is 3. The number of nitrogens with two attached hydrogens (primary N) is 1. The summed E-state index contributed by atoms with van der Waals surface area (Å²) >= 11 is 0. The molecule has 8 heteroatoms. The summed E-state index contributed by atoms with van der Waals surface area (Å²) in [5.74, 6) is -0.258. The van der Waals surface area contributed by atoms with Gasteiger partial charge in [-0.3, -0.25) is 14.7 Å². The molecule has 4 N–H and O–H groups in total. The van der Waals surface area contributed by atoms with Crippen molar-refractivity contribution in [2.45, 2.75) is 13.1 Å². The van der Waals surface area contributed by atoms with Gasteiger partial charge in [-0.05, 0) is 23.3 Å². The molecule has 22 heavy (non-hydrogen) atoms. The van der Waals surface area contributed by atoms with E-state index in [2.05, 4.69) is 15.3 Å². The van der Waals surface area contributed by atoms with Gasteiger partial charge in [0, 0.05) is 18.8 Å². The number of nitrogen functional groups attached to an aromatic ring is 1. The van der Waals surface area contributed by atoms with Crippen LogP contribution in [0.4, 0.5) is 16.3 Å². The molecule has 0 radical (unpaired) electrons. The molecule has 1 aliphatic rings. The molecule has 0 bridgehead atoms. The fourth-order valence-electron chi connectivity index (χ4n) is 2.29. The number of carbonyl (C=O) groups is 2. The second-order valence-electron chi connectivity index (χ2n) is 4.91. The van der Waals surface area contributed by atoms with Gasteiger partial charge in [-0.15, -0.1) is 0 Å². The summed E-state index contributed by atoms with van der Waals surface area (Å²) < 4.78 is 0. The third-order valence-electron chi connectivity index (χ3n) is 3.34. The predicted molar refractivity (Wildman–Crippen MR) is 78.1 cm³/mol. The third-order valence-corrected chi connectivity index (χ3v) is 3.34. The van der Waals surface area contributed by atoms with E-state index in [1.165, 1.54) is 17.3 Å². The number of amides is 2. The predicted octanol–water partition coefficient (Wildman–Crippen LogP) is 1.30. The van der Waals surface area contributed by atoms with Crippen molar-refractivity contribution < 1.29 is 14.7 Å². The average molecular weight is 299 g/mol. The molecule has 3 rings (SSSR count). The molecule has 112 valence electrons. The Bertz CT molecular complexity index is 762. The van der Waals surface area contributed by atoms with Gasteiger partial charge in [-0.2, -0.15) is 0 Å². The van der Waals surface area contributed by atoms with Gasteiger partial charge in [0.05, 0.1) is 12.4 Å². The monoisotopic (exact) mass is 299 g/mol. The number of aromatic nitrogens is 2. The number of nitrogens with one attached hydrogen (secondary N) is 1. The molecule has 0 saturated carbocycles. The molecule has 0 aliphatic carbocycles. The first kappa shape index (κ1) is 13.8. The SMILES string of the molecule is Nc1cncc(C(=O)Nc2ccc3c(c2)CN(C(=O)O)C3)n1. The van der Waals surface area contributed by atoms with Crippen LogP contribution in [0.25, 0.3) is 0 Å². The zero-order valence-electron chi connectivity index (χ0n) is 11.5. The Hall–Kier alpha value is -3.16. The summed E-state index contributed by atoms with van der Waals surface area (Å²) in [6.07, 6.45) is 1.72. The normalized spacial score (nSPS) is 12.8. The van der Waals surface area contributed by atoms with Crippen molar-refractivity contribution in [3.63, 3.8) is 0 Å². The van der Waals surface area contributed by atoms with Crippen molar-refractivity contribution in [1.29, 1.82) is 0 Å². The maximum absolute atomic E-state index is 12.1. The van der Waals surface area contributed by atoms with Crippen LogP contribution in [-0.2, 0) is 13.1 Å². The van der Waals surface area contributed by atoms with Gasteiger partial charge in [0.2, 0.25) is 0 Å². The largest absolute Gasteiger partial charge is 0.465 e. The van der Waals surface area contributed by atoms with Gasteiger partial charge in [0.25, 0.3) is 5.91 Å². The van der Waals surface area contributed by atoms with E-state index in [9.17, 15) is 9.59 Å². The molecular formula is C14H13N5O3. The lowest BCUT2D eigenvalue weighted by Crippen LogP contribution is -2.22. The molecule has 0 atom stereocenters. The first-order valence-electron chi connectivity index (χ1n) is 6.51. The lowest BCUT2D eigenvalue weighted by Gasteiger charge is -2.08. The Morgan fingerprint density at radius 2 is 2.00 bits per heavy atom. The second-order valence-corrected chi connectivity index (χ2v) is 4.91. The van der Waals surface area contributed by atoms with E-state index in [1.807, 2.05) is 0 Å². The highest BCUT2D eigenvalue weighted by Gasteiger charge is 2.23. The van der Waals surface area contributed by atoms with Crippen LogP contribution in [0.1, 0.15) is 21.6 Å². The van der Waals surface area contributed by atoms with Crippen LogP contribution in [0.2, 0.25) is 0 Å². The Kier molecular flexibility index (Phi) is 3.34. The highest BCUT2D eigenvalue weighted by molar-refractivity contribution is 6.02.